The number of nitrogens with zero attached hydrogens (tertiary/aromatic N) is 2. The lowest BCUT2D eigenvalue weighted by Crippen LogP contribution is -2.09. The third-order valence-corrected chi connectivity index (χ3v) is 4.70. The Kier molecular flexibility index (Phi) is 3.83. The largest absolute Gasteiger partial charge is 0.293 e. The first-order valence-electron chi connectivity index (χ1n) is 6.84. The van der Waals surface area contributed by atoms with Crippen molar-refractivity contribution < 1.29 is 13.2 Å². The highest BCUT2D eigenvalue weighted by Gasteiger charge is 2.20. The summed E-state index contributed by atoms with van der Waals surface area (Å²) in [5.74, 6) is -0.635. The van der Waals surface area contributed by atoms with E-state index in [1.165, 1.54) is 6.92 Å². The summed E-state index contributed by atoms with van der Waals surface area (Å²) in [5.41, 5.74) is 0.654. The van der Waals surface area contributed by atoms with Crippen molar-refractivity contribution in [1.29, 1.82) is 0 Å². The molecule has 0 spiro atoms. The number of fused-ring (bicyclic) bond motifs is 1. The van der Waals surface area contributed by atoms with Gasteiger partial charge in [0.1, 0.15) is 0 Å². The summed E-state index contributed by atoms with van der Waals surface area (Å²) in [6, 6.07) is 13.2. The summed E-state index contributed by atoms with van der Waals surface area (Å²) in [6.07, 6.45) is 0. The minimum Gasteiger partial charge on any atom is -0.293 e. The van der Waals surface area contributed by atoms with Gasteiger partial charge in [-0.1, -0.05) is 42.5 Å². The number of aromatic nitrogens is 3. The number of aromatic amines is 1. The molecule has 8 heteroatoms. The Balaban J connectivity index is 1.87. The smallest absolute Gasteiger partial charge is 0.249 e. The number of benzene rings is 2. The minimum atomic E-state index is -3.68. The van der Waals surface area contributed by atoms with Crippen molar-refractivity contribution in [2.75, 3.05) is 5.32 Å². The predicted octanol–water partition coefficient (Wildman–Crippen LogP) is 1.89. The molecule has 1 amide bonds. The van der Waals surface area contributed by atoms with E-state index in [0.717, 1.165) is 10.8 Å². The van der Waals surface area contributed by atoms with Crippen LogP contribution in [0.25, 0.3) is 10.8 Å². The molecule has 0 unspecified atom stereocenters. The Morgan fingerprint density at radius 1 is 1.17 bits per heavy atom. The quantitative estimate of drug-likeness (QED) is 0.760. The van der Waals surface area contributed by atoms with Crippen LogP contribution in [-0.2, 0) is 20.4 Å². The van der Waals surface area contributed by atoms with Gasteiger partial charge in [-0.3, -0.25) is 10.1 Å². The molecule has 1 heterocycles. The molecule has 0 fully saturated rings. The number of H-pyrrole nitrogens is 1. The molecule has 3 aromatic rings. The molecular weight excluding hydrogens is 316 g/mol. The second-order valence-corrected chi connectivity index (χ2v) is 6.99. The number of carbonyl (C=O) groups excluding carboxylic acids is 1. The topological polar surface area (TPSA) is 105 Å². The second-order valence-electron chi connectivity index (χ2n) is 5.09. The van der Waals surface area contributed by atoms with Crippen LogP contribution in [0, 0.1) is 0 Å². The number of hydrogen-bond acceptors (Lipinski definition) is 5. The molecule has 7 nitrogen and oxygen atoms in total. The lowest BCUT2D eigenvalue weighted by molar-refractivity contribution is -0.114. The van der Waals surface area contributed by atoms with E-state index in [1.807, 2.05) is 36.4 Å². The summed E-state index contributed by atoms with van der Waals surface area (Å²) in [5, 5.41) is 10.1. The molecule has 3 rings (SSSR count). The molecule has 2 aromatic carbocycles. The number of hydrogen-bond donors (Lipinski definition) is 2. The number of carbonyl (C=O) groups is 1. The van der Waals surface area contributed by atoms with Crippen LogP contribution in [0.1, 0.15) is 12.5 Å². The number of rotatable bonds is 4. The SMILES string of the molecule is CC(=O)Nc1n[nH]c(S(=O)(=O)Cc2ccc3ccccc3c2)n1. The summed E-state index contributed by atoms with van der Waals surface area (Å²) < 4.78 is 24.8. The molecule has 2 N–H and O–H groups in total. The molecule has 0 saturated carbocycles. The van der Waals surface area contributed by atoms with Gasteiger partial charge in [0.15, 0.2) is 0 Å². The zero-order valence-electron chi connectivity index (χ0n) is 12.3. The summed E-state index contributed by atoms with van der Waals surface area (Å²) in [7, 11) is -3.68. The Morgan fingerprint density at radius 3 is 2.65 bits per heavy atom. The van der Waals surface area contributed by atoms with Gasteiger partial charge in [-0.05, 0) is 16.3 Å². The van der Waals surface area contributed by atoms with E-state index in [1.54, 1.807) is 6.07 Å². The van der Waals surface area contributed by atoms with Crippen LogP contribution >= 0.6 is 0 Å². The van der Waals surface area contributed by atoms with Gasteiger partial charge in [0.05, 0.1) is 5.75 Å². The van der Waals surface area contributed by atoms with Gasteiger partial charge in [0.2, 0.25) is 26.8 Å². The summed E-state index contributed by atoms with van der Waals surface area (Å²) >= 11 is 0. The standard InChI is InChI=1S/C15H14N4O3S/c1-10(20)16-14-17-15(19-18-14)23(21,22)9-11-6-7-12-4-2-3-5-13(12)8-11/h2-8H,9H2,1H3,(H2,16,17,18,19,20). The Bertz CT molecular complexity index is 979. The zero-order valence-corrected chi connectivity index (χ0v) is 13.1. The Labute approximate surface area is 132 Å². The van der Waals surface area contributed by atoms with Crippen LogP contribution in [0.4, 0.5) is 5.95 Å². The summed E-state index contributed by atoms with van der Waals surface area (Å²) in [4.78, 5) is 14.7. The molecule has 23 heavy (non-hydrogen) atoms. The van der Waals surface area contributed by atoms with E-state index in [0.29, 0.717) is 5.56 Å². The molecule has 0 aliphatic rings. The van der Waals surface area contributed by atoms with Crippen LogP contribution < -0.4 is 5.32 Å². The molecule has 0 aliphatic heterocycles. The van der Waals surface area contributed by atoms with E-state index < -0.39 is 9.84 Å². The second kappa shape index (κ2) is 5.81. The molecule has 118 valence electrons. The van der Waals surface area contributed by atoms with Crippen molar-refractivity contribution in [3.8, 4) is 0 Å². The van der Waals surface area contributed by atoms with E-state index in [9.17, 15) is 13.2 Å². The van der Waals surface area contributed by atoms with Gasteiger partial charge in [-0.15, -0.1) is 5.10 Å². The summed E-state index contributed by atoms with van der Waals surface area (Å²) in [6.45, 7) is 1.29. The van der Waals surface area contributed by atoms with Gasteiger partial charge >= 0.3 is 0 Å². The van der Waals surface area contributed by atoms with Gasteiger partial charge in [0, 0.05) is 6.92 Å². The van der Waals surface area contributed by atoms with Crippen LogP contribution in [0.2, 0.25) is 0 Å². The molecule has 0 aliphatic carbocycles. The molecular formula is C15H14N4O3S. The molecule has 0 atom stereocenters. The number of anilines is 1. The van der Waals surface area contributed by atoms with Crippen LogP contribution in [0.15, 0.2) is 47.6 Å². The van der Waals surface area contributed by atoms with Crippen molar-refractivity contribution in [3.05, 3.63) is 48.0 Å². The molecule has 0 saturated heterocycles. The maximum Gasteiger partial charge on any atom is 0.249 e. The Morgan fingerprint density at radius 2 is 1.91 bits per heavy atom. The van der Waals surface area contributed by atoms with Crippen LogP contribution in [0.3, 0.4) is 0 Å². The highest BCUT2D eigenvalue weighted by molar-refractivity contribution is 7.90. The first-order valence-corrected chi connectivity index (χ1v) is 8.50. The van der Waals surface area contributed by atoms with Crippen molar-refractivity contribution in [3.63, 3.8) is 0 Å². The average Bonchev–Trinajstić information content (AvgIpc) is 2.95. The van der Waals surface area contributed by atoms with Gasteiger partial charge in [0.25, 0.3) is 0 Å². The minimum absolute atomic E-state index is 0.0606. The Hall–Kier alpha value is -2.74. The predicted molar refractivity (Wildman–Crippen MR) is 85.5 cm³/mol. The first-order chi connectivity index (χ1) is 10.9. The number of amides is 1. The third-order valence-electron chi connectivity index (χ3n) is 3.22. The van der Waals surface area contributed by atoms with Gasteiger partial charge in [-0.25, -0.2) is 13.5 Å². The van der Waals surface area contributed by atoms with Crippen molar-refractivity contribution in [2.24, 2.45) is 0 Å². The van der Waals surface area contributed by atoms with Gasteiger partial charge < -0.3 is 0 Å². The molecule has 0 bridgehead atoms. The highest BCUT2D eigenvalue weighted by atomic mass is 32.2. The molecule has 1 aromatic heterocycles. The van der Waals surface area contributed by atoms with E-state index in [-0.39, 0.29) is 22.8 Å². The lowest BCUT2D eigenvalue weighted by atomic mass is 10.1. The lowest BCUT2D eigenvalue weighted by Gasteiger charge is -2.03. The average molecular weight is 330 g/mol. The van der Waals surface area contributed by atoms with Crippen LogP contribution in [0.5, 0.6) is 0 Å². The fraction of sp³-hybridized carbons (Fsp3) is 0.133. The maximum absolute atomic E-state index is 12.4. The first kappa shape index (κ1) is 15.2. The van der Waals surface area contributed by atoms with E-state index >= 15 is 0 Å². The van der Waals surface area contributed by atoms with Crippen molar-refractivity contribution >= 4 is 32.5 Å². The zero-order chi connectivity index (χ0) is 16.4. The normalized spacial score (nSPS) is 11.5. The fourth-order valence-electron chi connectivity index (χ4n) is 2.22. The molecule has 0 radical (unpaired) electrons. The van der Waals surface area contributed by atoms with Crippen LogP contribution in [-0.4, -0.2) is 29.5 Å². The monoisotopic (exact) mass is 330 g/mol. The van der Waals surface area contributed by atoms with Crippen molar-refractivity contribution in [2.45, 2.75) is 17.8 Å². The fourth-order valence-corrected chi connectivity index (χ4v) is 3.38. The highest BCUT2D eigenvalue weighted by Crippen LogP contribution is 2.19. The van der Waals surface area contributed by atoms with Gasteiger partial charge in [-0.2, -0.15) is 4.98 Å². The third kappa shape index (κ3) is 3.37. The van der Waals surface area contributed by atoms with E-state index in [4.69, 9.17) is 0 Å². The van der Waals surface area contributed by atoms with Crippen molar-refractivity contribution in [1.82, 2.24) is 15.2 Å². The number of nitrogens with one attached hydrogen (secondary N) is 2. The van der Waals surface area contributed by atoms with E-state index in [2.05, 4.69) is 20.5 Å². The maximum atomic E-state index is 12.4. The number of sulfone groups is 1.